The van der Waals surface area contributed by atoms with Gasteiger partial charge in [-0.1, -0.05) is 66.7 Å². The predicted molar refractivity (Wildman–Crippen MR) is 170 cm³/mol. The molecular weight excluding hydrogens is 606 g/mol. The van der Waals surface area contributed by atoms with Crippen LogP contribution in [0.3, 0.4) is 0 Å². The summed E-state index contributed by atoms with van der Waals surface area (Å²) in [6, 6.07) is 24.2. The first-order valence-electron chi connectivity index (χ1n) is 14.7. The Morgan fingerprint density at radius 2 is 1.60 bits per heavy atom. The molecule has 2 heterocycles. The van der Waals surface area contributed by atoms with E-state index in [1.165, 1.54) is 10.9 Å². The number of carboxylic acid groups (broad SMARTS) is 1. The second-order valence-electron chi connectivity index (χ2n) is 10.7. The summed E-state index contributed by atoms with van der Waals surface area (Å²) in [5, 5.41) is 14.5. The Morgan fingerprint density at radius 1 is 0.936 bits per heavy atom. The normalized spacial score (nSPS) is 11.8. The number of hydrogen-bond acceptors (Lipinski definition) is 8. The molecule has 0 aliphatic heterocycles. The zero-order chi connectivity index (χ0) is 32.9. The fourth-order valence-electron chi connectivity index (χ4n) is 5.54. The Bertz CT molecular complexity index is 1990. The van der Waals surface area contributed by atoms with Gasteiger partial charge in [0, 0.05) is 24.6 Å². The van der Waals surface area contributed by atoms with Crippen LogP contribution in [0, 0.1) is 0 Å². The number of amides is 3. The number of rotatable bonds is 11. The Kier molecular flexibility index (Phi) is 8.73. The SMILES string of the molecule is O=C(O)CN(CCNC(=O)OCC1c2ccccc2-c2ccccc21)C(=O)Cn1cnc2c(=O)[nH]c(NC(=O)c3ccccc3)nc21. The lowest BCUT2D eigenvalue weighted by atomic mass is 9.98. The van der Waals surface area contributed by atoms with Crippen molar-refractivity contribution in [1.82, 2.24) is 29.7 Å². The van der Waals surface area contributed by atoms with Crippen molar-refractivity contribution in [3.8, 4) is 11.1 Å². The molecule has 14 nitrogen and oxygen atoms in total. The van der Waals surface area contributed by atoms with E-state index in [2.05, 4.69) is 25.6 Å². The highest BCUT2D eigenvalue weighted by Crippen LogP contribution is 2.44. The van der Waals surface area contributed by atoms with Crippen LogP contribution in [0.15, 0.2) is 90.0 Å². The molecule has 1 aliphatic rings. The van der Waals surface area contributed by atoms with Crippen molar-refractivity contribution >= 4 is 41.0 Å². The summed E-state index contributed by atoms with van der Waals surface area (Å²) < 4.78 is 6.80. The van der Waals surface area contributed by atoms with Gasteiger partial charge in [-0.3, -0.25) is 29.5 Å². The van der Waals surface area contributed by atoms with E-state index in [1.807, 2.05) is 48.5 Å². The number of fused-ring (bicyclic) bond motifs is 4. The minimum absolute atomic E-state index is 0.0116. The van der Waals surface area contributed by atoms with Crippen LogP contribution >= 0.6 is 0 Å². The first-order chi connectivity index (χ1) is 22.8. The number of hydrogen-bond donors (Lipinski definition) is 4. The van der Waals surface area contributed by atoms with Gasteiger partial charge in [-0.05, 0) is 34.4 Å². The first kappa shape index (κ1) is 30.7. The molecule has 14 heteroatoms. The number of aromatic nitrogens is 4. The topological polar surface area (TPSA) is 189 Å². The van der Waals surface area contributed by atoms with E-state index in [-0.39, 0.29) is 42.7 Å². The summed E-state index contributed by atoms with van der Waals surface area (Å²) in [6.45, 7) is -1.14. The summed E-state index contributed by atoms with van der Waals surface area (Å²) in [4.78, 5) is 74.3. The molecule has 0 saturated heterocycles. The molecule has 0 atom stereocenters. The zero-order valence-corrected chi connectivity index (χ0v) is 24.9. The lowest BCUT2D eigenvalue weighted by Gasteiger charge is -2.21. The van der Waals surface area contributed by atoms with Crippen molar-refractivity contribution in [2.75, 3.05) is 31.6 Å². The van der Waals surface area contributed by atoms with E-state index in [1.54, 1.807) is 30.3 Å². The Hall–Kier alpha value is -6.31. The van der Waals surface area contributed by atoms with Crippen molar-refractivity contribution in [3.63, 3.8) is 0 Å². The van der Waals surface area contributed by atoms with E-state index >= 15 is 0 Å². The number of imidazole rings is 1. The molecule has 238 valence electrons. The number of ether oxygens (including phenoxy) is 1. The van der Waals surface area contributed by atoms with Crippen LogP contribution < -0.4 is 16.2 Å². The Labute approximate surface area is 267 Å². The summed E-state index contributed by atoms with van der Waals surface area (Å²) in [5.74, 6) is -2.67. The maximum Gasteiger partial charge on any atom is 0.407 e. The summed E-state index contributed by atoms with van der Waals surface area (Å²) in [6.07, 6.45) is 0.519. The molecule has 6 rings (SSSR count). The van der Waals surface area contributed by atoms with Gasteiger partial charge in [0.2, 0.25) is 11.9 Å². The third-order valence-electron chi connectivity index (χ3n) is 7.72. The van der Waals surface area contributed by atoms with Crippen LogP contribution in [0.4, 0.5) is 10.7 Å². The number of aromatic amines is 1. The number of anilines is 1. The lowest BCUT2D eigenvalue weighted by Crippen LogP contribution is -2.42. The molecule has 0 radical (unpaired) electrons. The van der Waals surface area contributed by atoms with Gasteiger partial charge in [-0.15, -0.1) is 0 Å². The lowest BCUT2D eigenvalue weighted by molar-refractivity contribution is -0.144. The number of aliphatic carboxylic acids is 1. The third kappa shape index (κ3) is 6.71. The van der Waals surface area contributed by atoms with Gasteiger partial charge in [-0.2, -0.15) is 4.98 Å². The van der Waals surface area contributed by atoms with Gasteiger partial charge in [0.25, 0.3) is 11.5 Å². The smallest absolute Gasteiger partial charge is 0.407 e. The highest BCUT2D eigenvalue weighted by molar-refractivity contribution is 6.03. The molecule has 47 heavy (non-hydrogen) atoms. The highest BCUT2D eigenvalue weighted by atomic mass is 16.5. The first-order valence-corrected chi connectivity index (χ1v) is 14.7. The highest BCUT2D eigenvalue weighted by Gasteiger charge is 2.29. The van der Waals surface area contributed by atoms with Gasteiger partial charge in [0.05, 0.1) is 6.33 Å². The van der Waals surface area contributed by atoms with Crippen LogP contribution in [-0.2, 0) is 20.9 Å². The monoisotopic (exact) mass is 635 g/mol. The molecule has 0 saturated carbocycles. The van der Waals surface area contributed by atoms with E-state index in [0.717, 1.165) is 27.2 Å². The standard InChI is InChI=1S/C33H29N7O7/c41-26(16-40-19-35-28-29(40)36-32(38-31(28)45)37-30(44)20-8-2-1-3-9-20)39(17-27(42)43)15-14-34-33(46)47-18-25-23-12-6-4-10-21(23)22-11-5-7-13-24(22)25/h1-13,19,25H,14-18H2,(H,34,46)(H,42,43)(H2,36,37,38,44,45). The molecule has 0 fully saturated rings. The van der Waals surface area contributed by atoms with Gasteiger partial charge in [0.1, 0.15) is 19.7 Å². The number of nitrogens with one attached hydrogen (secondary N) is 3. The fraction of sp³-hybridized carbons (Fsp3) is 0.182. The van der Waals surface area contributed by atoms with Crippen molar-refractivity contribution in [3.05, 3.63) is 112 Å². The van der Waals surface area contributed by atoms with E-state index in [4.69, 9.17) is 4.74 Å². The van der Waals surface area contributed by atoms with E-state index in [9.17, 15) is 29.1 Å². The summed E-state index contributed by atoms with van der Waals surface area (Å²) in [5.41, 5.74) is 3.96. The molecule has 0 unspecified atom stereocenters. The van der Waals surface area contributed by atoms with Crippen molar-refractivity contribution in [2.45, 2.75) is 12.5 Å². The van der Waals surface area contributed by atoms with Gasteiger partial charge in [0.15, 0.2) is 11.2 Å². The zero-order valence-electron chi connectivity index (χ0n) is 24.9. The van der Waals surface area contributed by atoms with Crippen LogP contribution in [0.1, 0.15) is 27.4 Å². The average Bonchev–Trinajstić information content (AvgIpc) is 3.62. The number of carbonyl (C=O) groups is 4. The molecule has 3 amide bonds. The van der Waals surface area contributed by atoms with Gasteiger partial charge >= 0.3 is 12.1 Å². The Morgan fingerprint density at radius 3 is 2.28 bits per heavy atom. The van der Waals surface area contributed by atoms with E-state index in [0.29, 0.717) is 5.56 Å². The maximum atomic E-state index is 13.2. The quantitative estimate of drug-likeness (QED) is 0.169. The van der Waals surface area contributed by atoms with Crippen LogP contribution in [-0.4, -0.2) is 79.6 Å². The van der Waals surface area contributed by atoms with Crippen LogP contribution in [0.5, 0.6) is 0 Å². The number of nitrogens with zero attached hydrogens (tertiary/aromatic N) is 4. The van der Waals surface area contributed by atoms with Crippen LogP contribution in [0.2, 0.25) is 0 Å². The second kappa shape index (κ2) is 13.4. The number of carboxylic acids is 1. The molecule has 3 aromatic carbocycles. The molecule has 0 spiro atoms. The molecule has 0 bridgehead atoms. The molecule has 5 aromatic rings. The van der Waals surface area contributed by atoms with Crippen molar-refractivity contribution in [2.24, 2.45) is 0 Å². The van der Waals surface area contributed by atoms with E-state index < -0.39 is 42.5 Å². The van der Waals surface area contributed by atoms with Crippen LogP contribution in [0.25, 0.3) is 22.3 Å². The summed E-state index contributed by atoms with van der Waals surface area (Å²) in [7, 11) is 0. The summed E-state index contributed by atoms with van der Waals surface area (Å²) >= 11 is 0. The molecular formula is C33H29N7O7. The minimum Gasteiger partial charge on any atom is -0.480 e. The molecule has 1 aliphatic carbocycles. The second-order valence-corrected chi connectivity index (χ2v) is 10.7. The van der Waals surface area contributed by atoms with Crippen molar-refractivity contribution in [1.29, 1.82) is 0 Å². The number of H-pyrrole nitrogens is 1. The predicted octanol–water partition coefficient (Wildman–Crippen LogP) is 2.82. The fourth-order valence-corrected chi connectivity index (χ4v) is 5.54. The molecule has 4 N–H and O–H groups in total. The average molecular weight is 636 g/mol. The minimum atomic E-state index is -1.25. The van der Waals surface area contributed by atoms with Gasteiger partial charge in [-0.25, -0.2) is 9.78 Å². The maximum absolute atomic E-state index is 13.2. The Balaban J connectivity index is 1.07. The van der Waals surface area contributed by atoms with Crippen molar-refractivity contribution < 1.29 is 29.0 Å². The number of carbonyl (C=O) groups excluding carboxylic acids is 3. The number of benzene rings is 3. The molecule has 2 aromatic heterocycles. The van der Waals surface area contributed by atoms with Gasteiger partial charge < -0.3 is 24.6 Å². The number of alkyl carbamates (subject to hydrolysis) is 1. The third-order valence-corrected chi connectivity index (χ3v) is 7.72. The largest absolute Gasteiger partial charge is 0.480 e.